The van der Waals surface area contributed by atoms with E-state index in [0.717, 1.165) is 69.0 Å². The Bertz CT molecular complexity index is 1460. The molecular weight excluding hydrogens is 527 g/mol. The summed E-state index contributed by atoms with van der Waals surface area (Å²) in [7, 11) is 0. The van der Waals surface area contributed by atoms with Crippen molar-refractivity contribution in [3.8, 4) is 16.9 Å². The van der Waals surface area contributed by atoms with Crippen molar-refractivity contribution in [1.82, 2.24) is 19.7 Å². The van der Waals surface area contributed by atoms with Gasteiger partial charge < -0.3 is 9.64 Å². The zero-order valence-electron chi connectivity index (χ0n) is 23.9. The Labute approximate surface area is 247 Å². The largest absolute Gasteiger partial charge is 0.490 e. The summed E-state index contributed by atoms with van der Waals surface area (Å²) in [4.78, 5) is 24.3. The third-order valence-corrected chi connectivity index (χ3v) is 8.22. The molecule has 6 nitrogen and oxygen atoms in total. The predicted octanol–water partition coefficient (Wildman–Crippen LogP) is 5.89. The van der Waals surface area contributed by atoms with Crippen LogP contribution in [0.25, 0.3) is 11.1 Å². The minimum absolute atomic E-state index is 0.0294. The van der Waals surface area contributed by atoms with Gasteiger partial charge >= 0.3 is 0 Å². The van der Waals surface area contributed by atoms with Gasteiger partial charge in [0.05, 0.1) is 0 Å². The topological polar surface area (TPSA) is 48.9 Å². The number of carbonyl (C=O) groups excluding carboxylic acids is 1. The van der Waals surface area contributed by atoms with E-state index in [1.54, 1.807) is 6.07 Å². The Hall–Kier alpha value is -4.07. The molecule has 0 bridgehead atoms. The fraction of sp³-hybridized carbons (Fsp3) is 0.314. The van der Waals surface area contributed by atoms with Crippen molar-refractivity contribution in [2.24, 2.45) is 0 Å². The van der Waals surface area contributed by atoms with E-state index in [9.17, 15) is 9.18 Å². The number of hydrogen-bond acceptors (Lipinski definition) is 5. The van der Waals surface area contributed by atoms with E-state index in [1.165, 1.54) is 23.3 Å². The fourth-order valence-electron chi connectivity index (χ4n) is 5.86. The number of piperazine rings is 1. The first kappa shape index (κ1) is 28.1. The molecule has 0 spiro atoms. The van der Waals surface area contributed by atoms with Crippen molar-refractivity contribution in [2.45, 2.75) is 32.0 Å². The molecule has 0 N–H and O–H groups in total. The number of likely N-dealkylation sites (tertiary alicyclic amines) is 1. The van der Waals surface area contributed by atoms with E-state index in [4.69, 9.17) is 4.74 Å². The quantitative estimate of drug-likeness (QED) is 0.267. The molecule has 7 heteroatoms. The molecule has 6 rings (SSSR count). The standard InChI is InChI=1S/C35H37FN4O2/c36-32-7-2-6-31(23-32)29-9-11-30(12-10-29)35(41)40-16-13-33(14-17-40)42-34-8-1-4-27(22-34)25-38-18-20-39(21-19-38)26-28-5-3-15-37-24-28/h1-12,15,22-24,33H,13-14,16-21,25-26H2. The number of halogens is 1. The maximum absolute atomic E-state index is 13.6. The van der Waals surface area contributed by atoms with Crippen molar-refractivity contribution in [3.05, 3.63) is 120 Å². The molecular formula is C35H37FN4O2. The van der Waals surface area contributed by atoms with Crippen molar-refractivity contribution >= 4 is 5.91 Å². The summed E-state index contributed by atoms with van der Waals surface area (Å²) in [5.41, 5.74) is 4.88. The first-order valence-electron chi connectivity index (χ1n) is 14.8. The normalized spacial score (nSPS) is 16.8. The maximum Gasteiger partial charge on any atom is 0.253 e. The zero-order valence-corrected chi connectivity index (χ0v) is 23.9. The smallest absolute Gasteiger partial charge is 0.253 e. The van der Waals surface area contributed by atoms with Gasteiger partial charge in [-0.2, -0.15) is 0 Å². The lowest BCUT2D eigenvalue weighted by molar-refractivity contribution is 0.0595. The molecule has 3 aromatic carbocycles. The van der Waals surface area contributed by atoms with Crippen LogP contribution < -0.4 is 4.74 Å². The molecule has 0 radical (unpaired) electrons. The number of rotatable bonds is 8. The molecule has 0 unspecified atom stereocenters. The summed E-state index contributed by atoms with van der Waals surface area (Å²) < 4.78 is 20.0. The van der Waals surface area contributed by atoms with Crippen LogP contribution in [0.2, 0.25) is 0 Å². The van der Waals surface area contributed by atoms with Crippen LogP contribution in [0.4, 0.5) is 4.39 Å². The molecule has 2 fully saturated rings. The number of benzene rings is 3. The average Bonchev–Trinajstić information content (AvgIpc) is 3.03. The van der Waals surface area contributed by atoms with Gasteiger partial charge in [0.25, 0.3) is 5.91 Å². The second kappa shape index (κ2) is 13.3. The number of aromatic nitrogens is 1. The number of nitrogens with zero attached hydrogens (tertiary/aromatic N) is 4. The third kappa shape index (κ3) is 7.22. The molecule has 3 heterocycles. The van der Waals surface area contributed by atoms with Crippen LogP contribution in [-0.4, -0.2) is 71.0 Å². The number of hydrogen-bond donors (Lipinski definition) is 0. The Morgan fingerprint density at radius 1 is 0.762 bits per heavy atom. The third-order valence-electron chi connectivity index (χ3n) is 8.22. The minimum atomic E-state index is -0.268. The fourth-order valence-corrected chi connectivity index (χ4v) is 5.86. The molecule has 2 aliphatic heterocycles. The first-order chi connectivity index (χ1) is 20.6. The summed E-state index contributed by atoms with van der Waals surface area (Å²) in [6.45, 7) is 7.41. The lowest BCUT2D eigenvalue weighted by Gasteiger charge is -2.35. The molecule has 1 aromatic heterocycles. The number of carbonyl (C=O) groups is 1. The second-order valence-electron chi connectivity index (χ2n) is 11.3. The van der Waals surface area contributed by atoms with Crippen LogP contribution in [-0.2, 0) is 13.1 Å². The number of pyridine rings is 1. The van der Waals surface area contributed by atoms with E-state index in [2.05, 4.69) is 39.0 Å². The van der Waals surface area contributed by atoms with E-state index < -0.39 is 0 Å². The van der Waals surface area contributed by atoms with Gasteiger partial charge in [-0.15, -0.1) is 0 Å². The Morgan fingerprint density at radius 2 is 1.45 bits per heavy atom. The van der Waals surface area contributed by atoms with Gasteiger partial charge in [0.15, 0.2) is 0 Å². The van der Waals surface area contributed by atoms with Crippen molar-refractivity contribution < 1.29 is 13.9 Å². The molecule has 42 heavy (non-hydrogen) atoms. The Morgan fingerprint density at radius 3 is 2.14 bits per heavy atom. The van der Waals surface area contributed by atoms with Crippen molar-refractivity contribution in [2.75, 3.05) is 39.3 Å². The van der Waals surface area contributed by atoms with Gasteiger partial charge in [-0.05, 0) is 64.7 Å². The molecule has 0 atom stereocenters. The summed E-state index contributed by atoms with van der Waals surface area (Å²) in [6.07, 6.45) is 5.47. The average molecular weight is 565 g/mol. The highest BCUT2D eigenvalue weighted by Gasteiger charge is 2.25. The van der Waals surface area contributed by atoms with Crippen LogP contribution in [0, 0.1) is 5.82 Å². The van der Waals surface area contributed by atoms with Crippen LogP contribution in [0.15, 0.2) is 97.3 Å². The highest BCUT2D eigenvalue weighted by Crippen LogP contribution is 2.24. The summed E-state index contributed by atoms with van der Waals surface area (Å²) >= 11 is 0. The molecule has 2 saturated heterocycles. The molecule has 0 aliphatic carbocycles. The molecule has 216 valence electrons. The van der Waals surface area contributed by atoms with E-state index in [-0.39, 0.29) is 17.8 Å². The molecule has 2 aliphatic rings. The Balaban J connectivity index is 0.959. The summed E-state index contributed by atoms with van der Waals surface area (Å²) in [5.74, 6) is 0.665. The maximum atomic E-state index is 13.6. The van der Waals surface area contributed by atoms with Crippen LogP contribution in [0.3, 0.4) is 0 Å². The van der Waals surface area contributed by atoms with Gasteiger partial charge in [-0.1, -0.05) is 42.5 Å². The lowest BCUT2D eigenvalue weighted by atomic mass is 10.0. The highest BCUT2D eigenvalue weighted by atomic mass is 19.1. The second-order valence-corrected chi connectivity index (χ2v) is 11.3. The van der Waals surface area contributed by atoms with Gasteiger partial charge in [-0.3, -0.25) is 19.6 Å². The van der Waals surface area contributed by atoms with Gasteiger partial charge in [0, 0.05) is 83.2 Å². The van der Waals surface area contributed by atoms with Crippen LogP contribution in [0.5, 0.6) is 5.75 Å². The zero-order chi connectivity index (χ0) is 28.7. The minimum Gasteiger partial charge on any atom is -0.490 e. The van der Waals surface area contributed by atoms with Crippen LogP contribution >= 0.6 is 0 Å². The van der Waals surface area contributed by atoms with Gasteiger partial charge in [0.2, 0.25) is 0 Å². The van der Waals surface area contributed by atoms with Gasteiger partial charge in [0.1, 0.15) is 17.7 Å². The number of amides is 1. The first-order valence-corrected chi connectivity index (χ1v) is 14.8. The van der Waals surface area contributed by atoms with E-state index >= 15 is 0 Å². The SMILES string of the molecule is O=C(c1ccc(-c2cccc(F)c2)cc1)N1CCC(Oc2cccc(CN3CCN(Cc4cccnc4)CC3)c2)CC1. The monoisotopic (exact) mass is 564 g/mol. The summed E-state index contributed by atoms with van der Waals surface area (Å²) in [6, 6.07) is 26.5. The van der Waals surface area contributed by atoms with Crippen LogP contribution in [0.1, 0.15) is 34.3 Å². The van der Waals surface area contributed by atoms with Gasteiger partial charge in [-0.25, -0.2) is 4.39 Å². The summed E-state index contributed by atoms with van der Waals surface area (Å²) in [5, 5.41) is 0. The molecule has 1 amide bonds. The number of ether oxygens (including phenoxy) is 1. The van der Waals surface area contributed by atoms with Crippen molar-refractivity contribution in [3.63, 3.8) is 0 Å². The van der Waals surface area contributed by atoms with Crippen molar-refractivity contribution in [1.29, 1.82) is 0 Å². The lowest BCUT2D eigenvalue weighted by Crippen LogP contribution is -2.45. The van der Waals surface area contributed by atoms with E-state index in [1.807, 2.05) is 59.8 Å². The number of piperidine rings is 1. The predicted molar refractivity (Wildman–Crippen MR) is 163 cm³/mol. The Kier molecular flexibility index (Phi) is 8.87. The molecule has 0 saturated carbocycles. The molecule has 4 aromatic rings. The van der Waals surface area contributed by atoms with E-state index in [0.29, 0.717) is 18.7 Å². The highest BCUT2D eigenvalue weighted by molar-refractivity contribution is 5.94.